The number of carbonyl (C=O) groups excluding carboxylic acids is 1. The van der Waals surface area contributed by atoms with Crippen molar-refractivity contribution in [1.29, 1.82) is 0 Å². The molecule has 2 aromatic rings. The Morgan fingerprint density at radius 2 is 2.12 bits per heavy atom. The molecular formula is C18H19N3O3. The number of fused-ring (bicyclic) bond motifs is 1. The molecule has 4 rings (SSSR count). The average Bonchev–Trinajstić information content (AvgIpc) is 3.10. The van der Waals surface area contributed by atoms with E-state index in [0.717, 1.165) is 30.9 Å². The minimum Gasteiger partial charge on any atom is -0.486 e. The Balaban J connectivity index is 1.67. The number of hydrogen-bond donors (Lipinski definition) is 0. The molecule has 0 spiro atoms. The lowest BCUT2D eigenvalue weighted by Gasteiger charge is -2.27. The van der Waals surface area contributed by atoms with Gasteiger partial charge in [0.2, 0.25) is 0 Å². The molecular weight excluding hydrogens is 306 g/mol. The maximum atomic E-state index is 13.1. The summed E-state index contributed by atoms with van der Waals surface area (Å²) in [6.07, 6.45) is 3.63. The monoisotopic (exact) mass is 325 g/mol. The number of aryl methyl sites for hydroxylation is 1. The number of likely N-dealkylation sites (tertiary alicyclic amines) is 1. The Hall–Kier alpha value is -2.63. The van der Waals surface area contributed by atoms with Gasteiger partial charge in [0.15, 0.2) is 11.5 Å². The molecule has 0 saturated carbocycles. The highest BCUT2D eigenvalue weighted by molar-refractivity contribution is 5.98. The van der Waals surface area contributed by atoms with Crippen LogP contribution in [0.2, 0.25) is 0 Å². The summed E-state index contributed by atoms with van der Waals surface area (Å²) in [5.41, 5.74) is 1.46. The molecule has 24 heavy (non-hydrogen) atoms. The van der Waals surface area contributed by atoms with Gasteiger partial charge in [0, 0.05) is 12.7 Å². The molecule has 2 aliphatic heterocycles. The normalized spacial score (nSPS) is 19.4. The van der Waals surface area contributed by atoms with Crippen LogP contribution in [0.1, 0.15) is 40.8 Å². The molecule has 0 unspecified atom stereocenters. The zero-order valence-electron chi connectivity index (χ0n) is 13.6. The number of rotatable bonds is 2. The number of carbonyl (C=O) groups is 1. The van der Waals surface area contributed by atoms with E-state index in [9.17, 15) is 4.79 Å². The van der Waals surface area contributed by atoms with Crippen LogP contribution in [0.15, 0.2) is 30.5 Å². The van der Waals surface area contributed by atoms with Crippen molar-refractivity contribution in [2.24, 2.45) is 0 Å². The molecule has 0 aliphatic carbocycles. The van der Waals surface area contributed by atoms with Crippen molar-refractivity contribution in [1.82, 2.24) is 14.9 Å². The molecule has 1 atom stereocenters. The fraction of sp³-hybridized carbons (Fsp3) is 0.389. The second-order valence-corrected chi connectivity index (χ2v) is 6.02. The number of hydrogen-bond acceptors (Lipinski definition) is 5. The van der Waals surface area contributed by atoms with Gasteiger partial charge in [-0.05, 0) is 38.0 Å². The first-order valence-electron chi connectivity index (χ1n) is 8.23. The van der Waals surface area contributed by atoms with Crippen molar-refractivity contribution in [3.05, 3.63) is 47.5 Å². The number of aromatic nitrogens is 2. The Labute approximate surface area is 140 Å². The zero-order valence-corrected chi connectivity index (χ0v) is 13.6. The predicted molar refractivity (Wildman–Crippen MR) is 87.2 cm³/mol. The van der Waals surface area contributed by atoms with Crippen molar-refractivity contribution in [3.63, 3.8) is 0 Å². The van der Waals surface area contributed by atoms with Gasteiger partial charge in [0.05, 0.1) is 17.3 Å². The summed E-state index contributed by atoms with van der Waals surface area (Å²) in [4.78, 5) is 23.7. The number of amides is 1. The van der Waals surface area contributed by atoms with Gasteiger partial charge < -0.3 is 14.4 Å². The van der Waals surface area contributed by atoms with Crippen LogP contribution in [0.5, 0.6) is 11.5 Å². The van der Waals surface area contributed by atoms with Crippen LogP contribution in [-0.4, -0.2) is 40.5 Å². The van der Waals surface area contributed by atoms with Gasteiger partial charge in [-0.15, -0.1) is 0 Å². The van der Waals surface area contributed by atoms with Gasteiger partial charge in [-0.3, -0.25) is 4.79 Å². The number of ether oxygens (including phenoxy) is 2. The molecule has 3 heterocycles. The molecule has 2 aliphatic rings. The third-order valence-corrected chi connectivity index (χ3v) is 4.45. The van der Waals surface area contributed by atoms with E-state index in [-0.39, 0.29) is 11.9 Å². The molecule has 1 saturated heterocycles. The Bertz CT molecular complexity index is 778. The standard InChI is InChI=1S/C18H19N3O3/c1-12-19-8-7-14(20-12)15-5-3-9-21(15)18(22)13-4-2-6-16-17(13)24-11-10-23-16/h2,4,6-8,15H,3,5,9-11H2,1H3/t15-/m1/s1. The van der Waals surface area contributed by atoms with E-state index in [1.165, 1.54) is 0 Å². The Kier molecular flexibility index (Phi) is 3.80. The molecule has 1 aromatic carbocycles. The largest absolute Gasteiger partial charge is 0.486 e. The first kappa shape index (κ1) is 14.9. The van der Waals surface area contributed by atoms with Crippen molar-refractivity contribution in [2.75, 3.05) is 19.8 Å². The highest BCUT2D eigenvalue weighted by atomic mass is 16.6. The van der Waals surface area contributed by atoms with Crippen LogP contribution in [0.4, 0.5) is 0 Å². The molecule has 1 fully saturated rings. The first-order valence-corrected chi connectivity index (χ1v) is 8.23. The zero-order chi connectivity index (χ0) is 16.5. The average molecular weight is 325 g/mol. The van der Waals surface area contributed by atoms with Gasteiger partial charge in [0.1, 0.15) is 19.0 Å². The van der Waals surface area contributed by atoms with E-state index >= 15 is 0 Å². The van der Waals surface area contributed by atoms with E-state index in [1.807, 2.05) is 30.0 Å². The van der Waals surface area contributed by atoms with Crippen LogP contribution in [-0.2, 0) is 0 Å². The minimum absolute atomic E-state index is 0.0143. The van der Waals surface area contributed by atoms with Crippen molar-refractivity contribution < 1.29 is 14.3 Å². The topological polar surface area (TPSA) is 64.6 Å². The number of para-hydroxylation sites is 1. The van der Waals surface area contributed by atoms with E-state index < -0.39 is 0 Å². The summed E-state index contributed by atoms with van der Waals surface area (Å²) >= 11 is 0. The van der Waals surface area contributed by atoms with E-state index in [1.54, 1.807) is 12.3 Å². The molecule has 0 bridgehead atoms. The summed E-state index contributed by atoms with van der Waals surface area (Å²) in [6, 6.07) is 7.35. The number of nitrogens with zero attached hydrogens (tertiary/aromatic N) is 3. The molecule has 0 radical (unpaired) electrons. The van der Waals surface area contributed by atoms with Crippen LogP contribution >= 0.6 is 0 Å². The number of benzene rings is 1. The molecule has 0 N–H and O–H groups in total. The lowest BCUT2D eigenvalue weighted by atomic mass is 10.1. The third-order valence-electron chi connectivity index (χ3n) is 4.45. The van der Waals surface area contributed by atoms with Gasteiger partial charge in [-0.1, -0.05) is 6.07 Å². The minimum atomic E-state index is -0.0314. The summed E-state index contributed by atoms with van der Waals surface area (Å²) in [5, 5.41) is 0. The third kappa shape index (κ3) is 2.58. The summed E-state index contributed by atoms with van der Waals surface area (Å²) in [7, 11) is 0. The highest BCUT2D eigenvalue weighted by Crippen LogP contribution is 2.38. The first-order chi connectivity index (χ1) is 11.7. The van der Waals surface area contributed by atoms with Gasteiger partial charge in [-0.2, -0.15) is 0 Å². The molecule has 124 valence electrons. The smallest absolute Gasteiger partial charge is 0.258 e. The highest BCUT2D eigenvalue weighted by Gasteiger charge is 2.34. The summed E-state index contributed by atoms with van der Waals surface area (Å²) in [5.74, 6) is 1.88. The van der Waals surface area contributed by atoms with Crippen LogP contribution in [0.25, 0.3) is 0 Å². The van der Waals surface area contributed by atoms with Crippen molar-refractivity contribution in [3.8, 4) is 11.5 Å². The lowest BCUT2D eigenvalue weighted by molar-refractivity contribution is 0.0722. The van der Waals surface area contributed by atoms with E-state index in [0.29, 0.717) is 30.3 Å². The summed E-state index contributed by atoms with van der Waals surface area (Å²) in [6.45, 7) is 3.56. The van der Waals surface area contributed by atoms with Crippen LogP contribution < -0.4 is 9.47 Å². The second kappa shape index (κ2) is 6.11. The fourth-order valence-electron chi connectivity index (χ4n) is 3.37. The molecule has 6 heteroatoms. The Morgan fingerprint density at radius 3 is 3.00 bits per heavy atom. The van der Waals surface area contributed by atoms with Gasteiger partial charge >= 0.3 is 0 Å². The lowest BCUT2D eigenvalue weighted by Crippen LogP contribution is -2.32. The van der Waals surface area contributed by atoms with Gasteiger partial charge in [-0.25, -0.2) is 9.97 Å². The maximum absolute atomic E-state index is 13.1. The summed E-state index contributed by atoms with van der Waals surface area (Å²) < 4.78 is 11.3. The molecule has 1 amide bonds. The molecule has 6 nitrogen and oxygen atoms in total. The predicted octanol–water partition coefficient (Wildman–Crippen LogP) is 2.53. The van der Waals surface area contributed by atoms with Gasteiger partial charge in [0.25, 0.3) is 5.91 Å². The molecule has 1 aromatic heterocycles. The fourth-order valence-corrected chi connectivity index (χ4v) is 3.37. The van der Waals surface area contributed by atoms with Crippen molar-refractivity contribution >= 4 is 5.91 Å². The maximum Gasteiger partial charge on any atom is 0.258 e. The van der Waals surface area contributed by atoms with Crippen LogP contribution in [0.3, 0.4) is 0 Å². The quantitative estimate of drug-likeness (QED) is 0.849. The second-order valence-electron chi connectivity index (χ2n) is 6.02. The SMILES string of the molecule is Cc1nccc([C@H]2CCCN2C(=O)c2cccc3c2OCCO3)n1. The Morgan fingerprint density at radius 1 is 1.25 bits per heavy atom. The van der Waals surface area contributed by atoms with E-state index in [4.69, 9.17) is 9.47 Å². The van der Waals surface area contributed by atoms with Crippen molar-refractivity contribution in [2.45, 2.75) is 25.8 Å². The van der Waals surface area contributed by atoms with Crippen LogP contribution in [0, 0.1) is 6.92 Å². The van der Waals surface area contributed by atoms with E-state index in [2.05, 4.69) is 9.97 Å².